The topological polar surface area (TPSA) is 52.3 Å². The molecule has 3 aromatic heterocycles. The number of benzene rings is 1. The van der Waals surface area contributed by atoms with E-state index in [9.17, 15) is 8.78 Å². The van der Waals surface area contributed by atoms with E-state index < -0.39 is 6.61 Å². The van der Waals surface area contributed by atoms with Crippen molar-refractivity contribution in [3.63, 3.8) is 0 Å². The van der Waals surface area contributed by atoms with Crippen molar-refractivity contribution in [3.8, 4) is 16.9 Å². The van der Waals surface area contributed by atoms with Gasteiger partial charge in [0.2, 0.25) is 5.28 Å². The molecule has 4 rings (SSSR count). The molecule has 5 nitrogen and oxygen atoms in total. The Labute approximate surface area is 164 Å². The van der Waals surface area contributed by atoms with E-state index in [0.717, 1.165) is 28.2 Å². The number of hydrogen-bond donors (Lipinski definition) is 0. The lowest BCUT2D eigenvalue weighted by molar-refractivity contribution is -0.0503. The quantitative estimate of drug-likeness (QED) is 0.445. The molecule has 142 valence electrons. The molecular weight excluding hydrogens is 386 g/mol. The molecule has 0 N–H and O–H groups in total. The summed E-state index contributed by atoms with van der Waals surface area (Å²) in [6.07, 6.45) is 5.61. The normalized spacial score (nSPS) is 11.3. The van der Waals surface area contributed by atoms with Gasteiger partial charge in [-0.1, -0.05) is 18.2 Å². The summed E-state index contributed by atoms with van der Waals surface area (Å²) in [7, 11) is 0. The third-order valence-electron chi connectivity index (χ3n) is 4.42. The van der Waals surface area contributed by atoms with Crippen molar-refractivity contribution in [1.29, 1.82) is 0 Å². The van der Waals surface area contributed by atoms with E-state index in [-0.39, 0.29) is 11.0 Å². The van der Waals surface area contributed by atoms with E-state index in [2.05, 4.69) is 19.7 Å². The standard InChI is InChI=1S/C20H15ClF2N4O/c1-12-16(8-13-4-2-3-5-17(13)28-20(22)23)27-11-14(6-7-18(27)26-12)15-9-24-19(21)25-10-15/h2-7,9-11,20H,8H2,1H3. The number of imidazole rings is 1. The molecule has 0 amide bonds. The van der Waals surface area contributed by atoms with Crippen molar-refractivity contribution in [1.82, 2.24) is 19.4 Å². The molecule has 4 aromatic rings. The zero-order chi connectivity index (χ0) is 19.7. The molecule has 3 heterocycles. The largest absolute Gasteiger partial charge is 0.435 e. The fourth-order valence-electron chi connectivity index (χ4n) is 3.10. The van der Waals surface area contributed by atoms with Crippen LogP contribution in [-0.2, 0) is 6.42 Å². The number of aryl methyl sites for hydroxylation is 1. The average Bonchev–Trinajstić information content (AvgIpc) is 2.98. The van der Waals surface area contributed by atoms with Crippen molar-refractivity contribution < 1.29 is 13.5 Å². The van der Waals surface area contributed by atoms with Crippen molar-refractivity contribution in [2.45, 2.75) is 20.0 Å². The van der Waals surface area contributed by atoms with E-state index >= 15 is 0 Å². The van der Waals surface area contributed by atoms with Gasteiger partial charge in [-0.25, -0.2) is 15.0 Å². The Hall–Kier alpha value is -3.06. The Balaban J connectivity index is 1.76. The molecule has 0 radical (unpaired) electrons. The van der Waals surface area contributed by atoms with Gasteiger partial charge in [0.15, 0.2) is 0 Å². The summed E-state index contributed by atoms with van der Waals surface area (Å²) in [5.41, 5.74) is 4.82. The van der Waals surface area contributed by atoms with Crippen LogP contribution in [0.25, 0.3) is 16.8 Å². The van der Waals surface area contributed by atoms with Crippen LogP contribution in [0, 0.1) is 6.92 Å². The molecule has 0 bridgehead atoms. The van der Waals surface area contributed by atoms with Gasteiger partial charge >= 0.3 is 6.61 Å². The van der Waals surface area contributed by atoms with Crippen LogP contribution in [0.4, 0.5) is 8.78 Å². The van der Waals surface area contributed by atoms with E-state index in [0.29, 0.717) is 12.0 Å². The van der Waals surface area contributed by atoms with E-state index in [1.807, 2.05) is 29.7 Å². The molecule has 0 saturated carbocycles. The van der Waals surface area contributed by atoms with Gasteiger partial charge in [0.1, 0.15) is 11.4 Å². The number of alkyl halides is 2. The third kappa shape index (κ3) is 3.66. The SMILES string of the molecule is Cc1nc2ccc(-c3cnc(Cl)nc3)cn2c1Cc1ccccc1OC(F)F. The Morgan fingerprint density at radius 3 is 2.57 bits per heavy atom. The highest BCUT2D eigenvalue weighted by atomic mass is 35.5. The van der Waals surface area contributed by atoms with Gasteiger partial charge < -0.3 is 9.14 Å². The van der Waals surface area contributed by atoms with E-state index in [4.69, 9.17) is 11.6 Å². The zero-order valence-electron chi connectivity index (χ0n) is 14.8. The first kappa shape index (κ1) is 18.3. The molecule has 0 aliphatic carbocycles. The van der Waals surface area contributed by atoms with E-state index in [1.54, 1.807) is 30.6 Å². The van der Waals surface area contributed by atoms with Gasteiger partial charge in [0.05, 0.1) is 5.69 Å². The summed E-state index contributed by atoms with van der Waals surface area (Å²) >= 11 is 5.76. The van der Waals surface area contributed by atoms with Crippen LogP contribution in [0.2, 0.25) is 5.28 Å². The fraction of sp³-hybridized carbons (Fsp3) is 0.150. The van der Waals surface area contributed by atoms with Gasteiger partial charge in [-0.3, -0.25) is 0 Å². The minimum absolute atomic E-state index is 0.161. The highest BCUT2D eigenvalue weighted by molar-refractivity contribution is 6.28. The highest BCUT2D eigenvalue weighted by Gasteiger charge is 2.15. The van der Waals surface area contributed by atoms with Crippen LogP contribution in [-0.4, -0.2) is 26.0 Å². The average molecular weight is 401 g/mol. The van der Waals surface area contributed by atoms with Crippen molar-refractivity contribution in [2.75, 3.05) is 0 Å². The molecule has 28 heavy (non-hydrogen) atoms. The van der Waals surface area contributed by atoms with Crippen LogP contribution >= 0.6 is 11.6 Å². The molecular formula is C20H15ClF2N4O. The smallest absolute Gasteiger partial charge is 0.387 e. The third-order valence-corrected chi connectivity index (χ3v) is 4.61. The van der Waals surface area contributed by atoms with Gasteiger partial charge in [0, 0.05) is 47.4 Å². The lowest BCUT2D eigenvalue weighted by Crippen LogP contribution is -2.05. The molecule has 0 saturated heterocycles. The monoisotopic (exact) mass is 400 g/mol. The molecule has 0 aliphatic heterocycles. The summed E-state index contributed by atoms with van der Waals surface area (Å²) < 4.78 is 32.0. The van der Waals surface area contributed by atoms with Gasteiger partial charge in [-0.2, -0.15) is 8.78 Å². The Bertz CT molecular complexity index is 1130. The summed E-state index contributed by atoms with van der Waals surface area (Å²) in [4.78, 5) is 12.6. The summed E-state index contributed by atoms with van der Waals surface area (Å²) in [6.45, 7) is -0.981. The first-order chi connectivity index (χ1) is 13.5. The Morgan fingerprint density at radius 2 is 1.82 bits per heavy atom. The second-order valence-corrected chi connectivity index (χ2v) is 6.53. The van der Waals surface area contributed by atoms with Crippen LogP contribution in [0.15, 0.2) is 55.0 Å². The zero-order valence-corrected chi connectivity index (χ0v) is 15.6. The number of ether oxygens (including phenoxy) is 1. The first-order valence-electron chi connectivity index (χ1n) is 8.49. The molecule has 0 aliphatic rings. The first-order valence-corrected chi connectivity index (χ1v) is 8.87. The summed E-state index contributed by atoms with van der Waals surface area (Å²) in [5.74, 6) is 0.161. The van der Waals surface area contributed by atoms with Gasteiger partial charge in [-0.15, -0.1) is 0 Å². The molecule has 8 heteroatoms. The number of rotatable bonds is 5. The number of pyridine rings is 1. The lowest BCUT2D eigenvalue weighted by atomic mass is 10.1. The second-order valence-electron chi connectivity index (χ2n) is 6.19. The number of para-hydroxylation sites is 1. The van der Waals surface area contributed by atoms with Crippen LogP contribution in [0.5, 0.6) is 5.75 Å². The molecule has 0 unspecified atom stereocenters. The van der Waals surface area contributed by atoms with Crippen molar-refractivity contribution in [3.05, 3.63) is 77.2 Å². The number of aromatic nitrogens is 4. The minimum atomic E-state index is -2.87. The molecule has 0 fully saturated rings. The summed E-state index contributed by atoms with van der Waals surface area (Å²) in [6, 6.07) is 10.6. The predicted molar refractivity (Wildman–Crippen MR) is 102 cm³/mol. The lowest BCUT2D eigenvalue weighted by Gasteiger charge is -2.11. The maximum atomic E-state index is 12.7. The summed E-state index contributed by atoms with van der Waals surface area (Å²) in [5, 5.41) is 0.180. The maximum absolute atomic E-state index is 12.7. The Kier molecular flexibility index (Phi) is 4.92. The van der Waals surface area contributed by atoms with Crippen molar-refractivity contribution in [2.24, 2.45) is 0 Å². The van der Waals surface area contributed by atoms with Crippen LogP contribution in [0.1, 0.15) is 17.0 Å². The predicted octanol–water partition coefficient (Wildman–Crippen LogP) is 4.95. The maximum Gasteiger partial charge on any atom is 0.387 e. The second kappa shape index (κ2) is 7.52. The number of hydrogen-bond acceptors (Lipinski definition) is 4. The van der Waals surface area contributed by atoms with Crippen LogP contribution in [0.3, 0.4) is 0 Å². The molecule has 0 spiro atoms. The van der Waals surface area contributed by atoms with Crippen molar-refractivity contribution >= 4 is 17.2 Å². The number of halogens is 3. The van der Waals surface area contributed by atoms with Gasteiger partial charge in [-0.05, 0) is 36.7 Å². The van der Waals surface area contributed by atoms with Gasteiger partial charge in [0.25, 0.3) is 0 Å². The number of fused-ring (bicyclic) bond motifs is 1. The molecule has 1 aromatic carbocycles. The minimum Gasteiger partial charge on any atom is -0.435 e. The highest BCUT2D eigenvalue weighted by Crippen LogP contribution is 2.27. The van der Waals surface area contributed by atoms with Crippen LogP contribution < -0.4 is 4.74 Å². The molecule has 0 atom stereocenters. The fourth-order valence-corrected chi connectivity index (χ4v) is 3.19. The van der Waals surface area contributed by atoms with E-state index in [1.165, 1.54) is 6.07 Å². The number of nitrogens with zero attached hydrogens (tertiary/aromatic N) is 4. The Morgan fingerprint density at radius 1 is 1.07 bits per heavy atom.